The smallest absolute Gasteiger partial charge is 0.417 e. The van der Waals surface area contributed by atoms with Crippen molar-refractivity contribution in [3.63, 3.8) is 0 Å². The molecule has 2 N–H and O–H groups in total. The number of carbonyl (C=O) groups excluding carboxylic acids is 1. The lowest BCUT2D eigenvalue weighted by atomic mass is 10.1. The summed E-state index contributed by atoms with van der Waals surface area (Å²) in [6.45, 7) is 0.281. The van der Waals surface area contributed by atoms with Crippen LogP contribution in [0.4, 0.5) is 18.9 Å². The van der Waals surface area contributed by atoms with Gasteiger partial charge in [0.2, 0.25) is 0 Å². The third-order valence-corrected chi connectivity index (χ3v) is 4.21. The molecule has 9 heteroatoms. The predicted molar refractivity (Wildman–Crippen MR) is 103 cm³/mol. The van der Waals surface area contributed by atoms with E-state index in [0.29, 0.717) is 6.42 Å². The Morgan fingerprint density at radius 2 is 1.93 bits per heavy atom. The molecule has 5 nitrogen and oxygen atoms in total. The average Bonchev–Trinajstić information content (AvgIpc) is 2.69. The molecule has 0 aliphatic carbocycles. The Labute approximate surface area is 170 Å². The number of carbonyl (C=O) groups is 1. The van der Waals surface area contributed by atoms with Gasteiger partial charge in [-0.15, -0.1) is 0 Å². The van der Waals surface area contributed by atoms with Crippen molar-refractivity contribution in [1.82, 2.24) is 5.32 Å². The number of rotatable bonds is 7. The first-order valence-corrected chi connectivity index (χ1v) is 8.77. The van der Waals surface area contributed by atoms with Crippen LogP contribution in [0.2, 0.25) is 5.02 Å². The summed E-state index contributed by atoms with van der Waals surface area (Å²) in [6.07, 6.45) is -3.03. The summed E-state index contributed by atoms with van der Waals surface area (Å²) in [4.78, 5) is 12.1. The van der Waals surface area contributed by atoms with E-state index in [1.165, 1.54) is 6.07 Å². The Balaban J connectivity index is 1.96. The Morgan fingerprint density at radius 1 is 1.24 bits per heavy atom. The van der Waals surface area contributed by atoms with Gasteiger partial charge in [0.25, 0.3) is 5.91 Å². The van der Waals surface area contributed by atoms with Crippen molar-refractivity contribution in [2.75, 3.05) is 19.0 Å². The summed E-state index contributed by atoms with van der Waals surface area (Å²) < 4.78 is 43.7. The summed E-state index contributed by atoms with van der Waals surface area (Å²) in [6, 6.07) is 12.2. The van der Waals surface area contributed by atoms with E-state index in [0.717, 1.165) is 29.6 Å². The molecule has 0 aromatic heterocycles. The lowest BCUT2D eigenvalue weighted by Crippen LogP contribution is -2.27. The van der Waals surface area contributed by atoms with E-state index >= 15 is 0 Å². The zero-order valence-corrected chi connectivity index (χ0v) is 16.1. The molecule has 0 fully saturated rings. The third-order valence-electron chi connectivity index (χ3n) is 3.88. The number of hydrogen-bond donors (Lipinski definition) is 2. The normalized spacial score (nSPS) is 11.5. The van der Waals surface area contributed by atoms with Crippen molar-refractivity contribution in [2.24, 2.45) is 0 Å². The van der Waals surface area contributed by atoms with Crippen LogP contribution in [0.1, 0.15) is 11.1 Å². The fraction of sp³-hybridized carbons (Fsp3) is 0.200. The summed E-state index contributed by atoms with van der Waals surface area (Å²) in [7, 11) is 1.56. The monoisotopic (exact) mass is 423 g/mol. The lowest BCUT2D eigenvalue weighted by Gasteiger charge is -2.11. The van der Waals surface area contributed by atoms with Gasteiger partial charge in [-0.25, -0.2) is 0 Å². The van der Waals surface area contributed by atoms with E-state index < -0.39 is 22.7 Å². The molecule has 152 valence electrons. The number of methoxy groups -OCH3 is 1. The van der Waals surface area contributed by atoms with Gasteiger partial charge in [-0.3, -0.25) is 4.79 Å². The molecule has 0 aliphatic rings. The standard InChI is InChI=1S/C20H17ClF3N3O2/c1-29-16-5-2-13(3-6-16)8-9-26-19(28)14(11-25)12-27-15-4-7-18(21)17(10-15)20(22,23)24/h2-7,10,12,27H,8-9H2,1H3,(H,26,28)/b14-12-. The van der Waals surface area contributed by atoms with Gasteiger partial charge < -0.3 is 15.4 Å². The molecule has 0 atom stereocenters. The Hall–Kier alpha value is -3.18. The number of benzene rings is 2. The molecule has 0 bridgehead atoms. The highest BCUT2D eigenvalue weighted by molar-refractivity contribution is 6.31. The molecule has 0 heterocycles. The lowest BCUT2D eigenvalue weighted by molar-refractivity contribution is -0.137. The molecular weight excluding hydrogens is 407 g/mol. The Bertz CT molecular complexity index is 935. The van der Waals surface area contributed by atoms with E-state index in [2.05, 4.69) is 10.6 Å². The van der Waals surface area contributed by atoms with Gasteiger partial charge in [0.1, 0.15) is 17.4 Å². The highest BCUT2D eigenvalue weighted by atomic mass is 35.5. The maximum absolute atomic E-state index is 12.9. The maximum Gasteiger partial charge on any atom is 0.417 e. The number of alkyl halides is 3. The first-order valence-electron chi connectivity index (χ1n) is 8.39. The molecule has 0 saturated heterocycles. The fourth-order valence-electron chi connectivity index (χ4n) is 2.34. The number of nitrogens with zero attached hydrogens (tertiary/aromatic N) is 1. The van der Waals surface area contributed by atoms with E-state index in [-0.39, 0.29) is 17.8 Å². The molecule has 2 rings (SSSR count). The molecule has 2 aromatic carbocycles. The largest absolute Gasteiger partial charge is 0.497 e. The van der Waals surface area contributed by atoms with Crippen LogP contribution in [-0.4, -0.2) is 19.6 Å². The number of amides is 1. The zero-order valence-electron chi connectivity index (χ0n) is 15.3. The van der Waals surface area contributed by atoms with E-state index in [1.807, 2.05) is 12.1 Å². The molecule has 0 unspecified atom stereocenters. The molecule has 29 heavy (non-hydrogen) atoms. The zero-order chi connectivity index (χ0) is 21.4. The molecular formula is C20H17ClF3N3O2. The van der Waals surface area contributed by atoms with Crippen LogP contribution in [0.15, 0.2) is 54.2 Å². The van der Waals surface area contributed by atoms with Crippen LogP contribution >= 0.6 is 11.6 Å². The van der Waals surface area contributed by atoms with Gasteiger partial charge in [0.05, 0.1) is 17.7 Å². The number of halogens is 4. The highest BCUT2D eigenvalue weighted by Crippen LogP contribution is 2.36. The summed E-state index contributed by atoms with van der Waals surface area (Å²) in [5.41, 5.74) is -0.281. The average molecular weight is 424 g/mol. The first-order chi connectivity index (χ1) is 13.7. The SMILES string of the molecule is COc1ccc(CCNC(=O)/C(C#N)=C\Nc2ccc(Cl)c(C(F)(F)F)c2)cc1. The van der Waals surface area contributed by atoms with E-state index in [9.17, 15) is 18.0 Å². The van der Waals surface area contributed by atoms with Crippen LogP contribution in [0, 0.1) is 11.3 Å². The van der Waals surface area contributed by atoms with Gasteiger partial charge in [0, 0.05) is 18.4 Å². The molecule has 0 radical (unpaired) electrons. The number of nitrogens with one attached hydrogen (secondary N) is 2. The van der Waals surface area contributed by atoms with Gasteiger partial charge >= 0.3 is 6.18 Å². The molecule has 0 saturated carbocycles. The second kappa shape index (κ2) is 9.85. The molecule has 2 aromatic rings. The van der Waals surface area contributed by atoms with Crippen molar-refractivity contribution in [3.05, 3.63) is 70.4 Å². The van der Waals surface area contributed by atoms with Crippen LogP contribution in [0.5, 0.6) is 5.75 Å². The van der Waals surface area contributed by atoms with Crippen molar-refractivity contribution in [2.45, 2.75) is 12.6 Å². The number of anilines is 1. The number of ether oxygens (including phenoxy) is 1. The van der Waals surface area contributed by atoms with Crippen molar-refractivity contribution in [3.8, 4) is 11.8 Å². The Kier molecular flexibility index (Phi) is 7.51. The Morgan fingerprint density at radius 3 is 2.52 bits per heavy atom. The van der Waals surface area contributed by atoms with Crippen molar-refractivity contribution < 1.29 is 22.7 Å². The molecule has 1 amide bonds. The topological polar surface area (TPSA) is 74.1 Å². The van der Waals surface area contributed by atoms with Gasteiger partial charge in [-0.2, -0.15) is 18.4 Å². The van der Waals surface area contributed by atoms with E-state index in [1.54, 1.807) is 25.3 Å². The number of nitriles is 1. The van der Waals surface area contributed by atoms with Crippen LogP contribution in [0.25, 0.3) is 0 Å². The minimum absolute atomic E-state index is 0.0421. The molecule has 0 aliphatic heterocycles. The van der Waals surface area contributed by atoms with E-state index in [4.69, 9.17) is 21.6 Å². The highest BCUT2D eigenvalue weighted by Gasteiger charge is 2.33. The third kappa shape index (κ3) is 6.43. The summed E-state index contributed by atoms with van der Waals surface area (Å²) in [5.74, 6) is 0.0768. The first kappa shape index (κ1) is 22.1. The minimum Gasteiger partial charge on any atom is -0.497 e. The minimum atomic E-state index is -4.62. The van der Waals surface area contributed by atoms with Gasteiger partial charge in [0.15, 0.2) is 0 Å². The number of hydrogen-bond acceptors (Lipinski definition) is 4. The van der Waals surface area contributed by atoms with Crippen LogP contribution in [-0.2, 0) is 17.4 Å². The second-order valence-corrected chi connectivity index (χ2v) is 6.27. The van der Waals surface area contributed by atoms with Gasteiger partial charge in [-0.05, 0) is 42.3 Å². The second-order valence-electron chi connectivity index (χ2n) is 5.86. The van der Waals surface area contributed by atoms with Crippen molar-refractivity contribution >= 4 is 23.2 Å². The summed E-state index contributed by atoms with van der Waals surface area (Å²) >= 11 is 5.56. The maximum atomic E-state index is 12.9. The van der Waals surface area contributed by atoms with Crippen molar-refractivity contribution in [1.29, 1.82) is 5.26 Å². The molecule has 0 spiro atoms. The predicted octanol–water partition coefficient (Wildman–Crippen LogP) is 4.55. The van der Waals surface area contributed by atoms with Gasteiger partial charge in [-0.1, -0.05) is 23.7 Å². The summed E-state index contributed by atoms with van der Waals surface area (Å²) in [5, 5.41) is 13.8. The van der Waals surface area contributed by atoms with Crippen LogP contribution < -0.4 is 15.4 Å². The van der Waals surface area contributed by atoms with Crippen LogP contribution in [0.3, 0.4) is 0 Å². The fourth-order valence-corrected chi connectivity index (χ4v) is 2.57. The quantitative estimate of drug-likeness (QED) is 0.506.